The van der Waals surface area contributed by atoms with Gasteiger partial charge in [0.1, 0.15) is 5.82 Å². The summed E-state index contributed by atoms with van der Waals surface area (Å²) in [5.41, 5.74) is 9.86. The molecule has 0 aliphatic heterocycles. The maximum absolute atomic E-state index is 4.82. The van der Waals surface area contributed by atoms with Crippen LogP contribution >= 0.6 is 0 Å². The minimum Gasteiger partial charge on any atom is -0.303 e. The molecule has 4 aromatic rings. The standard InChI is InChI=1S/C26H25N3/c1-18-7-9-20(10-8-18)24-16-21(13-14-27-24)23-11-12-26(28-17-23)29-19(2)15-22-5-3-4-6-25(22)29/h7-17H,3-6H2,1-2H3. The van der Waals surface area contributed by atoms with Crippen molar-refractivity contribution in [2.45, 2.75) is 39.5 Å². The highest BCUT2D eigenvalue weighted by molar-refractivity contribution is 5.70. The summed E-state index contributed by atoms with van der Waals surface area (Å²) >= 11 is 0. The average molecular weight is 380 g/mol. The van der Waals surface area contributed by atoms with E-state index >= 15 is 0 Å². The Hall–Kier alpha value is -3.20. The van der Waals surface area contributed by atoms with Crippen molar-refractivity contribution in [3.63, 3.8) is 0 Å². The fraction of sp³-hybridized carbons (Fsp3) is 0.231. The summed E-state index contributed by atoms with van der Waals surface area (Å²) in [6.07, 6.45) is 8.78. The van der Waals surface area contributed by atoms with Gasteiger partial charge in [-0.15, -0.1) is 0 Å². The van der Waals surface area contributed by atoms with Gasteiger partial charge in [-0.05, 0) is 81.0 Å². The van der Waals surface area contributed by atoms with Crippen LogP contribution in [-0.2, 0) is 12.8 Å². The lowest BCUT2D eigenvalue weighted by Gasteiger charge is -2.16. The van der Waals surface area contributed by atoms with Crippen LogP contribution in [0.1, 0.15) is 35.4 Å². The molecule has 0 saturated heterocycles. The monoisotopic (exact) mass is 379 g/mol. The number of hydrogen-bond donors (Lipinski definition) is 0. The summed E-state index contributed by atoms with van der Waals surface area (Å²) < 4.78 is 2.34. The van der Waals surface area contributed by atoms with E-state index in [4.69, 9.17) is 4.98 Å². The first kappa shape index (κ1) is 17.9. The van der Waals surface area contributed by atoms with E-state index in [1.807, 2.05) is 12.4 Å². The number of hydrogen-bond acceptors (Lipinski definition) is 2. The molecular formula is C26H25N3. The molecule has 0 N–H and O–H groups in total. The van der Waals surface area contributed by atoms with Crippen LogP contribution in [0.5, 0.6) is 0 Å². The van der Waals surface area contributed by atoms with Crippen LogP contribution < -0.4 is 0 Å². The molecule has 0 bridgehead atoms. The lowest BCUT2D eigenvalue weighted by atomic mass is 9.98. The van der Waals surface area contributed by atoms with Crippen molar-refractivity contribution in [1.29, 1.82) is 0 Å². The highest BCUT2D eigenvalue weighted by atomic mass is 15.1. The first-order valence-electron chi connectivity index (χ1n) is 10.4. The second-order valence-electron chi connectivity index (χ2n) is 8.00. The van der Waals surface area contributed by atoms with Gasteiger partial charge in [-0.1, -0.05) is 29.8 Å². The van der Waals surface area contributed by atoms with Crippen molar-refractivity contribution in [2.75, 3.05) is 0 Å². The Morgan fingerprint density at radius 2 is 1.55 bits per heavy atom. The number of rotatable bonds is 3. The second-order valence-corrected chi connectivity index (χ2v) is 8.00. The van der Waals surface area contributed by atoms with Crippen molar-refractivity contribution >= 4 is 0 Å². The topological polar surface area (TPSA) is 30.7 Å². The third kappa shape index (κ3) is 3.38. The molecule has 1 aliphatic carbocycles. The predicted molar refractivity (Wildman–Crippen MR) is 118 cm³/mol. The maximum Gasteiger partial charge on any atom is 0.137 e. The van der Waals surface area contributed by atoms with Gasteiger partial charge < -0.3 is 4.57 Å². The summed E-state index contributed by atoms with van der Waals surface area (Å²) in [4.78, 5) is 9.38. The van der Waals surface area contributed by atoms with E-state index in [2.05, 4.69) is 78.0 Å². The zero-order valence-electron chi connectivity index (χ0n) is 17.0. The van der Waals surface area contributed by atoms with Crippen LogP contribution in [0, 0.1) is 13.8 Å². The summed E-state index contributed by atoms with van der Waals surface area (Å²) in [5, 5.41) is 0. The van der Waals surface area contributed by atoms with E-state index in [9.17, 15) is 0 Å². The molecule has 144 valence electrons. The second kappa shape index (κ2) is 7.32. The average Bonchev–Trinajstić information content (AvgIpc) is 3.10. The van der Waals surface area contributed by atoms with Crippen molar-refractivity contribution < 1.29 is 0 Å². The molecule has 1 aliphatic rings. The molecule has 0 spiro atoms. The smallest absolute Gasteiger partial charge is 0.137 e. The van der Waals surface area contributed by atoms with Crippen LogP contribution in [0.4, 0.5) is 0 Å². The zero-order chi connectivity index (χ0) is 19.8. The predicted octanol–water partition coefficient (Wildman–Crippen LogP) is 6.10. The number of aryl methyl sites for hydroxylation is 3. The largest absolute Gasteiger partial charge is 0.303 e. The molecule has 3 nitrogen and oxygen atoms in total. The third-order valence-electron chi connectivity index (χ3n) is 5.90. The number of aromatic nitrogens is 3. The maximum atomic E-state index is 4.82. The fourth-order valence-electron chi connectivity index (χ4n) is 4.35. The first-order valence-corrected chi connectivity index (χ1v) is 10.4. The molecule has 1 aromatic carbocycles. The summed E-state index contributed by atoms with van der Waals surface area (Å²) in [6, 6.07) is 19.3. The molecule has 0 radical (unpaired) electrons. The van der Waals surface area contributed by atoms with Gasteiger partial charge in [-0.3, -0.25) is 4.98 Å². The van der Waals surface area contributed by atoms with E-state index in [1.165, 1.54) is 41.8 Å². The summed E-state index contributed by atoms with van der Waals surface area (Å²) in [6.45, 7) is 4.29. The number of benzene rings is 1. The Morgan fingerprint density at radius 3 is 2.34 bits per heavy atom. The SMILES string of the molecule is Cc1ccc(-c2cc(-c3ccc(-n4c(C)cc5c4CCCC5)nc3)ccn2)cc1. The molecule has 3 heterocycles. The fourth-order valence-corrected chi connectivity index (χ4v) is 4.35. The molecule has 0 saturated carbocycles. The summed E-state index contributed by atoms with van der Waals surface area (Å²) in [7, 11) is 0. The lowest BCUT2D eigenvalue weighted by molar-refractivity contribution is 0.659. The Kier molecular flexibility index (Phi) is 4.51. The zero-order valence-corrected chi connectivity index (χ0v) is 17.0. The Morgan fingerprint density at radius 1 is 0.759 bits per heavy atom. The number of nitrogens with zero attached hydrogens (tertiary/aromatic N) is 3. The van der Waals surface area contributed by atoms with E-state index in [1.54, 1.807) is 0 Å². The normalized spacial score (nSPS) is 13.3. The molecular weight excluding hydrogens is 354 g/mol. The number of fused-ring (bicyclic) bond motifs is 1. The van der Waals surface area contributed by atoms with Crippen molar-refractivity contribution in [3.8, 4) is 28.2 Å². The molecule has 0 amide bonds. The van der Waals surface area contributed by atoms with Crippen LogP contribution in [0.15, 0.2) is 67.0 Å². The van der Waals surface area contributed by atoms with Gasteiger partial charge in [-0.25, -0.2) is 4.98 Å². The van der Waals surface area contributed by atoms with Gasteiger partial charge in [0, 0.05) is 34.9 Å². The highest BCUT2D eigenvalue weighted by Gasteiger charge is 2.18. The summed E-state index contributed by atoms with van der Waals surface area (Å²) in [5.74, 6) is 1.02. The Balaban J connectivity index is 1.48. The van der Waals surface area contributed by atoms with Crippen LogP contribution in [0.2, 0.25) is 0 Å². The molecule has 0 fully saturated rings. The van der Waals surface area contributed by atoms with Gasteiger partial charge in [0.25, 0.3) is 0 Å². The van der Waals surface area contributed by atoms with Gasteiger partial charge in [0.2, 0.25) is 0 Å². The molecule has 0 atom stereocenters. The van der Waals surface area contributed by atoms with Gasteiger partial charge in [0.15, 0.2) is 0 Å². The third-order valence-corrected chi connectivity index (χ3v) is 5.90. The van der Waals surface area contributed by atoms with E-state index in [-0.39, 0.29) is 0 Å². The highest BCUT2D eigenvalue weighted by Crippen LogP contribution is 2.29. The quantitative estimate of drug-likeness (QED) is 0.431. The van der Waals surface area contributed by atoms with Crippen LogP contribution in [0.25, 0.3) is 28.2 Å². The van der Waals surface area contributed by atoms with Gasteiger partial charge >= 0.3 is 0 Å². The van der Waals surface area contributed by atoms with Gasteiger partial charge in [0.05, 0.1) is 5.69 Å². The Labute approximate surface area is 172 Å². The molecule has 3 aromatic heterocycles. The van der Waals surface area contributed by atoms with Crippen LogP contribution in [-0.4, -0.2) is 14.5 Å². The molecule has 29 heavy (non-hydrogen) atoms. The van der Waals surface area contributed by atoms with E-state index in [0.29, 0.717) is 0 Å². The first-order chi connectivity index (χ1) is 14.2. The minimum atomic E-state index is 0.988. The molecule has 3 heteroatoms. The number of pyridine rings is 2. The van der Waals surface area contributed by atoms with Crippen molar-refractivity contribution in [3.05, 3.63) is 89.5 Å². The lowest BCUT2D eigenvalue weighted by Crippen LogP contribution is -2.08. The minimum absolute atomic E-state index is 0.988. The Bertz CT molecular complexity index is 1150. The van der Waals surface area contributed by atoms with Gasteiger partial charge in [-0.2, -0.15) is 0 Å². The molecule has 5 rings (SSSR count). The van der Waals surface area contributed by atoms with E-state index in [0.717, 1.165) is 34.6 Å². The van der Waals surface area contributed by atoms with E-state index < -0.39 is 0 Å². The van der Waals surface area contributed by atoms with Crippen molar-refractivity contribution in [1.82, 2.24) is 14.5 Å². The van der Waals surface area contributed by atoms with Crippen LogP contribution in [0.3, 0.4) is 0 Å². The molecule has 0 unspecified atom stereocenters. The van der Waals surface area contributed by atoms with Crippen molar-refractivity contribution in [2.24, 2.45) is 0 Å².